The quantitative estimate of drug-likeness (QED) is 0.751. The van der Waals surface area contributed by atoms with E-state index in [2.05, 4.69) is 10.6 Å². The molecule has 1 aromatic carbocycles. The van der Waals surface area contributed by atoms with E-state index in [0.717, 1.165) is 12.8 Å². The summed E-state index contributed by atoms with van der Waals surface area (Å²) in [5, 5.41) is 6.13. The van der Waals surface area contributed by atoms with E-state index in [9.17, 15) is 4.79 Å². The molecule has 1 saturated carbocycles. The van der Waals surface area contributed by atoms with Crippen LogP contribution in [0.1, 0.15) is 31.2 Å². The molecule has 0 spiro atoms. The number of benzene rings is 1. The third-order valence-corrected chi connectivity index (χ3v) is 3.75. The van der Waals surface area contributed by atoms with Crippen LogP contribution in [-0.4, -0.2) is 17.1 Å². The molecule has 19 heavy (non-hydrogen) atoms. The van der Waals surface area contributed by atoms with Crippen LogP contribution in [0.3, 0.4) is 0 Å². The fraction of sp³-hybridized carbons (Fsp3) is 0.385. The number of hydrogen-bond acceptors (Lipinski definition) is 2. The molecule has 4 nitrogen and oxygen atoms in total. The minimum atomic E-state index is -0.242. The molecule has 0 radical (unpaired) electrons. The molecule has 0 aromatic heterocycles. The SMILES string of the molecule is NC(=S)c1ccc(Cl)c(NC(=O)NC2CCCC2)c1. The van der Waals surface area contributed by atoms with Gasteiger partial charge in [-0.15, -0.1) is 0 Å². The molecule has 0 bridgehead atoms. The zero-order chi connectivity index (χ0) is 13.8. The van der Waals surface area contributed by atoms with Crippen molar-refractivity contribution < 1.29 is 4.79 Å². The molecule has 0 heterocycles. The van der Waals surface area contributed by atoms with E-state index in [4.69, 9.17) is 29.6 Å². The second-order valence-electron chi connectivity index (χ2n) is 4.64. The van der Waals surface area contributed by atoms with Crippen LogP contribution in [0.5, 0.6) is 0 Å². The molecule has 6 heteroatoms. The number of thiocarbonyl (C=S) groups is 1. The van der Waals surface area contributed by atoms with Crippen LogP contribution in [0.15, 0.2) is 18.2 Å². The van der Waals surface area contributed by atoms with Gasteiger partial charge in [0.1, 0.15) is 4.99 Å². The predicted molar refractivity (Wildman–Crippen MR) is 81.7 cm³/mol. The maximum absolute atomic E-state index is 11.9. The Hall–Kier alpha value is -1.33. The lowest BCUT2D eigenvalue weighted by atomic mass is 10.2. The Morgan fingerprint density at radius 1 is 1.37 bits per heavy atom. The fourth-order valence-corrected chi connectivity index (χ4v) is 2.48. The lowest BCUT2D eigenvalue weighted by molar-refractivity contribution is 0.248. The van der Waals surface area contributed by atoms with Crippen LogP contribution in [-0.2, 0) is 0 Å². The van der Waals surface area contributed by atoms with Gasteiger partial charge in [0.05, 0.1) is 10.7 Å². The van der Waals surface area contributed by atoms with Crippen molar-refractivity contribution >= 4 is 40.5 Å². The molecule has 0 saturated heterocycles. The summed E-state index contributed by atoms with van der Waals surface area (Å²) in [6.07, 6.45) is 4.41. The van der Waals surface area contributed by atoms with Gasteiger partial charge in [-0.3, -0.25) is 0 Å². The number of carbonyl (C=O) groups excluding carboxylic acids is 1. The highest BCUT2D eigenvalue weighted by molar-refractivity contribution is 7.80. The maximum Gasteiger partial charge on any atom is 0.319 e. The minimum Gasteiger partial charge on any atom is -0.389 e. The van der Waals surface area contributed by atoms with Crippen LogP contribution in [0.4, 0.5) is 10.5 Å². The topological polar surface area (TPSA) is 67.1 Å². The van der Waals surface area contributed by atoms with Crippen LogP contribution in [0.25, 0.3) is 0 Å². The number of anilines is 1. The third-order valence-electron chi connectivity index (χ3n) is 3.19. The van der Waals surface area contributed by atoms with E-state index >= 15 is 0 Å². The van der Waals surface area contributed by atoms with E-state index in [1.807, 2.05) is 0 Å². The van der Waals surface area contributed by atoms with Gasteiger partial charge in [0, 0.05) is 11.6 Å². The van der Waals surface area contributed by atoms with E-state index in [-0.39, 0.29) is 17.1 Å². The smallest absolute Gasteiger partial charge is 0.319 e. The highest BCUT2D eigenvalue weighted by Crippen LogP contribution is 2.23. The van der Waals surface area contributed by atoms with Gasteiger partial charge < -0.3 is 16.4 Å². The standard InChI is InChI=1S/C13H16ClN3OS/c14-10-6-5-8(12(15)19)7-11(10)17-13(18)16-9-3-1-2-4-9/h5-7,9H,1-4H2,(H2,15,19)(H2,16,17,18). The predicted octanol–water partition coefficient (Wildman–Crippen LogP) is 3.04. The Kier molecular flexibility index (Phi) is 4.61. The van der Waals surface area contributed by atoms with Crippen molar-refractivity contribution in [2.75, 3.05) is 5.32 Å². The molecule has 0 unspecified atom stereocenters. The normalized spacial score (nSPS) is 15.2. The van der Waals surface area contributed by atoms with Crippen LogP contribution < -0.4 is 16.4 Å². The van der Waals surface area contributed by atoms with Gasteiger partial charge in [-0.2, -0.15) is 0 Å². The molecule has 1 aromatic rings. The van der Waals surface area contributed by atoms with Crippen molar-refractivity contribution in [2.24, 2.45) is 5.73 Å². The second kappa shape index (κ2) is 6.21. The van der Waals surface area contributed by atoms with Crippen molar-refractivity contribution in [3.63, 3.8) is 0 Å². The van der Waals surface area contributed by atoms with Crippen molar-refractivity contribution in [3.8, 4) is 0 Å². The number of halogens is 1. The Morgan fingerprint density at radius 2 is 2.05 bits per heavy atom. The van der Waals surface area contributed by atoms with E-state index in [0.29, 0.717) is 16.3 Å². The molecule has 1 aliphatic rings. The van der Waals surface area contributed by atoms with Gasteiger partial charge >= 0.3 is 6.03 Å². The molecular formula is C13H16ClN3OS. The first kappa shape index (κ1) is 14.1. The Bertz CT molecular complexity index is 501. The average Bonchev–Trinajstić information content (AvgIpc) is 2.84. The second-order valence-corrected chi connectivity index (χ2v) is 5.49. The highest BCUT2D eigenvalue weighted by atomic mass is 35.5. The highest BCUT2D eigenvalue weighted by Gasteiger charge is 2.17. The molecule has 1 aliphatic carbocycles. The van der Waals surface area contributed by atoms with Gasteiger partial charge in [0.2, 0.25) is 0 Å². The van der Waals surface area contributed by atoms with E-state index in [1.54, 1.807) is 18.2 Å². The van der Waals surface area contributed by atoms with Crippen molar-refractivity contribution in [3.05, 3.63) is 28.8 Å². The maximum atomic E-state index is 11.9. The fourth-order valence-electron chi connectivity index (χ4n) is 2.19. The van der Waals surface area contributed by atoms with E-state index in [1.165, 1.54) is 12.8 Å². The zero-order valence-corrected chi connectivity index (χ0v) is 12.0. The first-order valence-electron chi connectivity index (χ1n) is 6.23. The van der Waals surface area contributed by atoms with Gasteiger partial charge in [-0.1, -0.05) is 42.7 Å². The zero-order valence-electron chi connectivity index (χ0n) is 10.4. The van der Waals surface area contributed by atoms with Gasteiger partial charge in [0.25, 0.3) is 0 Å². The number of hydrogen-bond donors (Lipinski definition) is 3. The van der Waals surface area contributed by atoms with Gasteiger partial charge in [-0.05, 0) is 25.0 Å². The van der Waals surface area contributed by atoms with Crippen molar-refractivity contribution in [2.45, 2.75) is 31.7 Å². The molecular weight excluding hydrogens is 282 g/mol. The molecule has 102 valence electrons. The molecule has 0 aliphatic heterocycles. The van der Waals surface area contributed by atoms with Gasteiger partial charge in [-0.25, -0.2) is 4.79 Å². The van der Waals surface area contributed by atoms with Crippen molar-refractivity contribution in [1.82, 2.24) is 5.32 Å². The first-order chi connectivity index (χ1) is 9.06. The van der Waals surface area contributed by atoms with Crippen molar-refractivity contribution in [1.29, 1.82) is 0 Å². The van der Waals surface area contributed by atoms with Gasteiger partial charge in [0.15, 0.2) is 0 Å². The summed E-state index contributed by atoms with van der Waals surface area (Å²) in [5.41, 5.74) is 6.75. The minimum absolute atomic E-state index is 0.242. The first-order valence-corrected chi connectivity index (χ1v) is 7.02. The number of carbonyl (C=O) groups is 1. The molecule has 2 amide bonds. The summed E-state index contributed by atoms with van der Waals surface area (Å²) in [6, 6.07) is 5.09. The third kappa shape index (κ3) is 3.81. The lowest BCUT2D eigenvalue weighted by Crippen LogP contribution is -2.36. The Morgan fingerprint density at radius 3 is 2.68 bits per heavy atom. The molecule has 4 N–H and O–H groups in total. The summed E-state index contributed by atoms with van der Waals surface area (Å²) >= 11 is 10.9. The molecule has 2 rings (SSSR count). The summed E-state index contributed by atoms with van der Waals surface area (Å²) in [4.78, 5) is 12.1. The van der Waals surface area contributed by atoms with Crippen LogP contribution in [0, 0.1) is 0 Å². The number of rotatable bonds is 3. The number of nitrogens with one attached hydrogen (secondary N) is 2. The average molecular weight is 298 g/mol. The Labute approximate surface area is 122 Å². The number of urea groups is 1. The largest absolute Gasteiger partial charge is 0.389 e. The summed E-state index contributed by atoms with van der Waals surface area (Å²) < 4.78 is 0. The van der Waals surface area contributed by atoms with Crippen LogP contribution in [0.2, 0.25) is 5.02 Å². The number of nitrogens with two attached hydrogens (primary N) is 1. The van der Waals surface area contributed by atoms with Crippen LogP contribution >= 0.6 is 23.8 Å². The summed E-state index contributed by atoms with van der Waals surface area (Å²) in [6.45, 7) is 0. The molecule has 0 atom stereocenters. The summed E-state index contributed by atoms with van der Waals surface area (Å²) in [5.74, 6) is 0. The monoisotopic (exact) mass is 297 g/mol. The number of amides is 2. The lowest BCUT2D eigenvalue weighted by Gasteiger charge is -2.14. The van der Waals surface area contributed by atoms with E-state index < -0.39 is 0 Å². The molecule has 1 fully saturated rings. The summed E-state index contributed by atoms with van der Waals surface area (Å²) in [7, 11) is 0. The Balaban J connectivity index is 2.02.